The zero-order valence-corrected chi connectivity index (χ0v) is 26.9. The number of nitrogens with one attached hydrogen (secondary N) is 1. The molecular formula is C33H31F3N6O2S2. The molecule has 3 aromatic carbocycles. The zero-order valence-electron chi connectivity index (χ0n) is 25.3. The van der Waals surface area contributed by atoms with E-state index in [1.54, 1.807) is 4.90 Å². The van der Waals surface area contributed by atoms with Crippen molar-refractivity contribution in [1.82, 2.24) is 20.1 Å². The lowest BCUT2D eigenvalue weighted by Gasteiger charge is -2.22. The molecule has 0 aliphatic carbocycles. The van der Waals surface area contributed by atoms with Gasteiger partial charge in [-0.15, -0.1) is 18.3 Å². The molecule has 238 valence electrons. The van der Waals surface area contributed by atoms with E-state index in [-0.39, 0.29) is 17.6 Å². The predicted molar refractivity (Wildman–Crippen MR) is 180 cm³/mol. The molecule has 0 unspecified atom stereocenters. The van der Waals surface area contributed by atoms with Gasteiger partial charge in [-0.1, -0.05) is 68.1 Å². The third-order valence-electron chi connectivity index (χ3n) is 6.88. The molecule has 13 heteroatoms. The molecule has 46 heavy (non-hydrogen) atoms. The quantitative estimate of drug-likeness (QED) is 0.145. The van der Waals surface area contributed by atoms with Crippen LogP contribution in [0.1, 0.15) is 42.9 Å². The minimum Gasteiger partial charge on any atom is -0.406 e. The van der Waals surface area contributed by atoms with Crippen molar-refractivity contribution in [1.29, 1.82) is 0 Å². The number of thiocarbonyl (C=S) groups is 1. The molecular weight excluding hydrogens is 634 g/mol. The first-order valence-corrected chi connectivity index (χ1v) is 15.8. The van der Waals surface area contributed by atoms with E-state index in [4.69, 9.17) is 12.2 Å². The number of aliphatic imine (C=N–C) groups is 1. The normalized spacial score (nSPS) is 14.5. The van der Waals surface area contributed by atoms with Crippen LogP contribution in [0.5, 0.6) is 5.75 Å². The summed E-state index contributed by atoms with van der Waals surface area (Å²) in [5.41, 5.74) is 5.28. The van der Waals surface area contributed by atoms with E-state index in [0.717, 1.165) is 27.9 Å². The smallest absolute Gasteiger partial charge is 0.406 e. The molecule has 2 heterocycles. The van der Waals surface area contributed by atoms with Gasteiger partial charge in [-0.25, -0.2) is 9.67 Å². The number of nitrogens with zero attached hydrogens (tertiary/aromatic N) is 5. The van der Waals surface area contributed by atoms with Crippen LogP contribution in [-0.4, -0.2) is 49.6 Å². The Morgan fingerprint density at radius 3 is 2.67 bits per heavy atom. The second-order valence-electron chi connectivity index (χ2n) is 10.7. The van der Waals surface area contributed by atoms with Crippen molar-refractivity contribution in [2.24, 2.45) is 4.99 Å². The number of rotatable bonds is 9. The van der Waals surface area contributed by atoms with Gasteiger partial charge >= 0.3 is 6.36 Å². The number of alkyl halides is 3. The van der Waals surface area contributed by atoms with Crippen molar-refractivity contribution < 1.29 is 22.7 Å². The average molecular weight is 665 g/mol. The number of amides is 1. The third-order valence-corrected chi connectivity index (χ3v) is 8.04. The second-order valence-corrected chi connectivity index (χ2v) is 12.1. The molecule has 0 saturated carbocycles. The number of carbonyl (C=O) groups excluding carboxylic acids is 1. The van der Waals surface area contributed by atoms with Gasteiger partial charge in [0.15, 0.2) is 16.1 Å². The van der Waals surface area contributed by atoms with Crippen molar-refractivity contribution in [3.63, 3.8) is 0 Å². The highest BCUT2D eigenvalue weighted by Crippen LogP contribution is 2.34. The van der Waals surface area contributed by atoms with Crippen LogP contribution < -0.4 is 15.0 Å². The fourth-order valence-corrected chi connectivity index (χ4v) is 5.84. The number of halogens is 3. The summed E-state index contributed by atoms with van der Waals surface area (Å²) in [6.07, 6.45) is 1.43. The first kappa shape index (κ1) is 32.9. The number of hydrogen-bond donors (Lipinski definition) is 1. The number of aryl methyl sites for hydroxylation is 1. The van der Waals surface area contributed by atoms with Crippen molar-refractivity contribution in [3.05, 3.63) is 95.8 Å². The Kier molecular flexibility index (Phi) is 10.2. The molecule has 0 bridgehead atoms. The largest absolute Gasteiger partial charge is 0.573 e. The maximum absolute atomic E-state index is 12.8. The molecule has 0 spiro atoms. The Balaban J connectivity index is 1.16. The number of aromatic nitrogens is 3. The maximum Gasteiger partial charge on any atom is 0.573 e. The molecule has 1 amide bonds. The molecule has 0 atom stereocenters. The van der Waals surface area contributed by atoms with E-state index < -0.39 is 6.36 Å². The van der Waals surface area contributed by atoms with Gasteiger partial charge in [0, 0.05) is 12.1 Å². The van der Waals surface area contributed by atoms with Crippen LogP contribution in [0, 0.1) is 6.92 Å². The number of ether oxygens (including phenoxy) is 1. The van der Waals surface area contributed by atoms with Crippen molar-refractivity contribution in [3.8, 4) is 22.8 Å². The van der Waals surface area contributed by atoms with E-state index in [9.17, 15) is 18.0 Å². The van der Waals surface area contributed by atoms with Crippen molar-refractivity contribution >= 4 is 51.9 Å². The van der Waals surface area contributed by atoms with Crippen LogP contribution in [0.2, 0.25) is 0 Å². The average Bonchev–Trinajstić information content (AvgIpc) is 3.63. The van der Waals surface area contributed by atoms with Gasteiger partial charge in [-0.05, 0) is 84.6 Å². The predicted octanol–water partition coefficient (Wildman–Crippen LogP) is 7.68. The lowest BCUT2D eigenvalue weighted by molar-refractivity contribution is -0.274. The number of thioether (sulfide) groups is 1. The summed E-state index contributed by atoms with van der Waals surface area (Å²) >= 11 is 6.86. The summed E-state index contributed by atoms with van der Waals surface area (Å²) in [4.78, 5) is 23.4. The highest BCUT2D eigenvalue weighted by atomic mass is 32.2. The fourth-order valence-electron chi connectivity index (χ4n) is 4.73. The van der Waals surface area contributed by atoms with Gasteiger partial charge in [0.25, 0.3) is 0 Å². The lowest BCUT2D eigenvalue weighted by Crippen LogP contribution is -2.32. The van der Waals surface area contributed by atoms with Crippen LogP contribution in [0.3, 0.4) is 0 Å². The second kappa shape index (κ2) is 14.3. The lowest BCUT2D eigenvalue weighted by atomic mass is 9.99. The van der Waals surface area contributed by atoms with Gasteiger partial charge in [-0.2, -0.15) is 4.99 Å². The molecule has 1 N–H and O–H groups in total. The summed E-state index contributed by atoms with van der Waals surface area (Å²) in [7, 11) is 0. The van der Waals surface area contributed by atoms with Crippen LogP contribution >= 0.6 is 24.0 Å². The number of anilines is 1. The Hall–Kier alpha value is -4.49. The molecule has 0 radical (unpaired) electrons. The minimum atomic E-state index is -4.75. The molecule has 1 fully saturated rings. The number of benzene rings is 3. The van der Waals surface area contributed by atoms with E-state index in [0.29, 0.717) is 40.5 Å². The van der Waals surface area contributed by atoms with Gasteiger partial charge < -0.3 is 10.1 Å². The number of amidine groups is 1. The molecule has 4 aromatic rings. The van der Waals surface area contributed by atoms with E-state index in [2.05, 4.69) is 51.1 Å². The number of carbonyl (C=O) groups is 1. The Bertz CT molecular complexity index is 1780. The minimum absolute atomic E-state index is 0.0141. The number of hydrogen-bond acceptors (Lipinski definition) is 6. The topological polar surface area (TPSA) is 84.6 Å². The summed E-state index contributed by atoms with van der Waals surface area (Å²) in [5, 5.41) is 8.52. The van der Waals surface area contributed by atoms with Gasteiger partial charge in [0.1, 0.15) is 12.1 Å². The zero-order chi connectivity index (χ0) is 32.8. The van der Waals surface area contributed by atoms with Crippen LogP contribution in [0.25, 0.3) is 23.2 Å². The molecule has 1 saturated heterocycles. The van der Waals surface area contributed by atoms with Gasteiger partial charge in [0.05, 0.1) is 17.1 Å². The van der Waals surface area contributed by atoms with E-state index in [1.807, 2.05) is 49.4 Å². The summed E-state index contributed by atoms with van der Waals surface area (Å²) < 4.78 is 42.7. The molecule has 5 rings (SSSR count). The van der Waals surface area contributed by atoms with Gasteiger partial charge in [-0.3, -0.25) is 9.69 Å². The van der Waals surface area contributed by atoms with Crippen LogP contribution in [0.15, 0.2) is 84.1 Å². The standard InChI is InChI=1S/C33H31F3N6O2S2/c1-21(2)27-15-10-22(3)17-28(27)42-29(43)19-46-32(42)39-31(45)37-16-5-4-7-23-8-6-9-24(18-23)30-38-20-41(40-30)25-11-13-26(14-12-25)44-33(34,35)36/h4,6-15,17-18,20-21H,5,16,19H2,1-3H3,(H,37,45)/b7-4+,39-32-. The highest BCUT2D eigenvalue weighted by molar-refractivity contribution is 8.15. The molecule has 1 aliphatic heterocycles. The maximum atomic E-state index is 12.8. The van der Waals surface area contributed by atoms with Crippen LogP contribution in [0.4, 0.5) is 18.9 Å². The summed E-state index contributed by atoms with van der Waals surface area (Å²) in [6, 6.07) is 19.2. The molecule has 8 nitrogen and oxygen atoms in total. The first-order valence-electron chi connectivity index (χ1n) is 14.4. The highest BCUT2D eigenvalue weighted by Gasteiger charge is 2.32. The summed E-state index contributed by atoms with van der Waals surface area (Å²) in [5.74, 6) is 0.715. The Morgan fingerprint density at radius 1 is 1.15 bits per heavy atom. The summed E-state index contributed by atoms with van der Waals surface area (Å²) in [6.45, 7) is 6.77. The van der Waals surface area contributed by atoms with E-state index >= 15 is 0 Å². The Morgan fingerprint density at radius 2 is 1.93 bits per heavy atom. The molecule has 1 aliphatic rings. The van der Waals surface area contributed by atoms with Crippen molar-refractivity contribution in [2.45, 2.75) is 39.5 Å². The van der Waals surface area contributed by atoms with Crippen molar-refractivity contribution in [2.75, 3.05) is 17.2 Å². The van der Waals surface area contributed by atoms with Gasteiger partial charge in [0.2, 0.25) is 5.91 Å². The SMILES string of the molecule is Cc1ccc(C(C)C)c(N2C(=O)CS/C2=N\C(=S)NCC/C=C/c2cccc(-c3ncn(-c4ccc(OC(F)(F)F)cc4)n3)c2)c1. The first-order chi connectivity index (χ1) is 22.0. The Labute approximate surface area is 274 Å². The molecule has 1 aromatic heterocycles. The third kappa shape index (κ3) is 8.40. The van der Waals surface area contributed by atoms with E-state index in [1.165, 1.54) is 47.0 Å². The van der Waals surface area contributed by atoms with Crippen LogP contribution in [-0.2, 0) is 4.79 Å². The monoisotopic (exact) mass is 664 g/mol. The fraction of sp³-hybridized carbons (Fsp3) is 0.242.